The summed E-state index contributed by atoms with van der Waals surface area (Å²) in [5.41, 5.74) is -2.69. The van der Waals surface area contributed by atoms with Crippen LogP contribution in [0.3, 0.4) is 0 Å². The van der Waals surface area contributed by atoms with Crippen LogP contribution >= 0.6 is 0 Å². The molecule has 190 valence electrons. The van der Waals surface area contributed by atoms with Crippen LogP contribution < -0.4 is 0 Å². The molecule has 4 rings (SSSR count). The molecule has 0 spiro atoms. The van der Waals surface area contributed by atoms with Gasteiger partial charge in [-0.1, -0.05) is 30.3 Å². The van der Waals surface area contributed by atoms with Crippen molar-refractivity contribution in [1.29, 1.82) is 0 Å². The summed E-state index contributed by atoms with van der Waals surface area (Å²) in [5, 5.41) is 9.87. The number of aliphatic hydroxyl groups excluding tert-OH is 1. The molecule has 2 aliphatic rings. The highest BCUT2D eigenvalue weighted by Crippen LogP contribution is 2.38. The van der Waals surface area contributed by atoms with E-state index in [0.29, 0.717) is 44.5 Å². The normalized spacial score (nSPS) is 22.9. The van der Waals surface area contributed by atoms with Crippen molar-refractivity contribution in [2.45, 2.75) is 49.7 Å². The predicted octanol–water partition coefficient (Wildman–Crippen LogP) is 5.18. The predicted molar refractivity (Wildman–Crippen MR) is 117 cm³/mol. The first-order valence-corrected chi connectivity index (χ1v) is 11.5. The first-order chi connectivity index (χ1) is 16.4. The lowest BCUT2D eigenvalue weighted by Crippen LogP contribution is -2.53. The fourth-order valence-corrected chi connectivity index (χ4v) is 5.07. The van der Waals surface area contributed by atoms with Gasteiger partial charge in [0.05, 0.1) is 17.2 Å². The first-order valence-electron chi connectivity index (χ1n) is 11.5. The van der Waals surface area contributed by atoms with Gasteiger partial charge < -0.3 is 10.0 Å². The Morgan fingerprint density at radius 3 is 1.94 bits per heavy atom. The maximum absolute atomic E-state index is 13.3. The summed E-state index contributed by atoms with van der Waals surface area (Å²) in [4.78, 5) is 16.8. The molecule has 0 aliphatic carbocycles. The van der Waals surface area contributed by atoms with E-state index in [1.165, 1.54) is 4.90 Å². The summed E-state index contributed by atoms with van der Waals surface area (Å²) < 4.78 is 79.8. The Hall–Kier alpha value is -2.59. The SMILES string of the molecule is O=C(c1cc(C(F)(F)F)cc(C(F)(F)F)c1)N1CC[C@@H](N2CCC(O)CC2)[C@@H](c2ccccc2)C1. The third-order valence-corrected chi connectivity index (χ3v) is 6.89. The van der Waals surface area contributed by atoms with Crippen LogP contribution in [-0.4, -0.2) is 59.1 Å². The van der Waals surface area contributed by atoms with E-state index in [4.69, 9.17) is 0 Å². The van der Waals surface area contributed by atoms with Gasteiger partial charge in [0.2, 0.25) is 0 Å². The molecule has 35 heavy (non-hydrogen) atoms. The van der Waals surface area contributed by atoms with Gasteiger partial charge in [-0.05, 0) is 43.0 Å². The Bertz CT molecular complexity index is 1000. The highest BCUT2D eigenvalue weighted by atomic mass is 19.4. The fourth-order valence-electron chi connectivity index (χ4n) is 5.07. The van der Waals surface area contributed by atoms with Gasteiger partial charge in [0.15, 0.2) is 0 Å². The molecule has 2 saturated heterocycles. The number of halogens is 6. The van der Waals surface area contributed by atoms with E-state index in [0.717, 1.165) is 5.56 Å². The van der Waals surface area contributed by atoms with E-state index in [-0.39, 0.29) is 37.2 Å². The van der Waals surface area contributed by atoms with E-state index in [1.807, 2.05) is 30.3 Å². The number of hydrogen-bond acceptors (Lipinski definition) is 3. The van der Waals surface area contributed by atoms with E-state index in [2.05, 4.69) is 4.90 Å². The molecule has 0 aromatic heterocycles. The standard InChI is InChI=1S/C25H26F6N2O2/c26-24(27,28)18-12-17(13-19(14-18)25(29,30)31)23(35)33-11-8-22(32-9-6-20(34)7-10-32)21(15-33)16-4-2-1-3-5-16/h1-5,12-14,20-22,34H,6-11,15H2/t21-,22-/m1/s1. The zero-order chi connectivity index (χ0) is 25.4. The van der Waals surface area contributed by atoms with Crippen LogP contribution in [-0.2, 0) is 12.4 Å². The molecule has 2 atom stereocenters. The maximum Gasteiger partial charge on any atom is 0.416 e. The van der Waals surface area contributed by atoms with Crippen molar-refractivity contribution >= 4 is 5.91 Å². The molecule has 1 amide bonds. The third kappa shape index (κ3) is 5.81. The second kappa shape index (κ2) is 9.81. The second-order valence-electron chi connectivity index (χ2n) is 9.19. The molecule has 0 radical (unpaired) electrons. The molecular weight excluding hydrogens is 474 g/mol. The summed E-state index contributed by atoms with van der Waals surface area (Å²) in [6.07, 6.45) is -8.61. The summed E-state index contributed by atoms with van der Waals surface area (Å²) in [7, 11) is 0. The number of nitrogens with zero attached hydrogens (tertiary/aromatic N) is 2. The lowest BCUT2D eigenvalue weighted by Gasteiger charge is -2.46. The van der Waals surface area contributed by atoms with Crippen LogP contribution in [0.4, 0.5) is 26.3 Å². The lowest BCUT2D eigenvalue weighted by molar-refractivity contribution is -0.143. The molecule has 10 heteroatoms. The Morgan fingerprint density at radius 1 is 0.829 bits per heavy atom. The minimum absolute atomic E-state index is 0.0283. The van der Waals surface area contributed by atoms with Gasteiger partial charge >= 0.3 is 12.4 Å². The minimum Gasteiger partial charge on any atom is -0.393 e. The summed E-state index contributed by atoms with van der Waals surface area (Å²) >= 11 is 0. The number of rotatable bonds is 3. The Morgan fingerprint density at radius 2 is 1.40 bits per heavy atom. The van der Waals surface area contributed by atoms with Crippen molar-refractivity contribution in [1.82, 2.24) is 9.80 Å². The molecule has 4 nitrogen and oxygen atoms in total. The van der Waals surface area contributed by atoms with Crippen LogP contribution in [0.2, 0.25) is 0 Å². The van der Waals surface area contributed by atoms with E-state index in [1.54, 1.807) is 0 Å². The number of amides is 1. The maximum atomic E-state index is 13.3. The molecule has 0 bridgehead atoms. The summed E-state index contributed by atoms with van der Waals surface area (Å²) in [6.45, 7) is 1.75. The number of carbonyl (C=O) groups excluding carboxylic acids is 1. The Labute approximate surface area is 199 Å². The number of likely N-dealkylation sites (tertiary alicyclic amines) is 2. The lowest BCUT2D eigenvalue weighted by atomic mass is 9.83. The molecule has 1 N–H and O–H groups in total. The van der Waals surface area contributed by atoms with Gasteiger partial charge in [-0.3, -0.25) is 9.69 Å². The van der Waals surface area contributed by atoms with Crippen LogP contribution in [0.5, 0.6) is 0 Å². The molecule has 2 aliphatic heterocycles. The largest absolute Gasteiger partial charge is 0.416 e. The van der Waals surface area contributed by atoms with Gasteiger partial charge in [0.1, 0.15) is 0 Å². The topological polar surface area (TPSA) is 43.8 Å². The molecule has 2 heterocycles. The molecule has 2 aromatic carbocycles. The Kier molecular flexibility index (Phi) is 7.15. The highest BCUT2D eigenvalue weighted by molar-refractivity contribution is 5.95. The van der Waals surface area contributed by atoms with Gasteiger partial charge in [0.25, 0.3) is 5.91 Å². The number of alkyl halides is 6. The molecule has 2 aromatic rings. The number of hydrogen-bond donors (Lipinski definition) is 1. The van der Waals surface area contributed by atoms with Crippen LogP contribution in [0.15, 0.2) is 48.5 Å². The van der Waals surface area contributed by atoms with Crippen LogP contribution in [0.25, 0.3) is 0 Å². The van der Waals surface area contributed by atoms with Crippen molar-refractivity contribution < 1.29 is 36.2 Å². The van der Waals surface area contributed by atoms with Gasteiger partial charge in [-0.15, -0.1) is 0 Å². The number of carbonyl (C=O) groups is 1. The Balaban J connectivity index is 1.63. The van der Waals surface area contributed by atoms with Gasteiger partial charge in [-0.25, -0.2) is 0 Å². The van der Waals surface area contributed by atoms with Gasteiger partial charge in [0, 0.05) is 43.7 Å². The fraction of sp³-hybridized carbons (Fsp3) is 0.480. The summed E-state index contributed by atoms with van der Waals surface area (Å²) in [6, 6.07) is 10.4. The van der Waals surface area contributed by atoms with E-state index < -0.39 is 35.0 Å². The van der Waals surface area contributed by atoms with Crippen LogP contribution in [0, 0.1) is 0 Å². The smallest absolute Gasteiger partial charge is 0.393 e. The number of benzene rings is 2. The monoisotopic (exact) mass is 500 g/mol. The zero-order valence-corrected chi connectivity index (χ0v) is 18.8. The van der Waals surface area contributed by atoms with E-state index in [9.17, 15) is 36.2 Å². The molecule has 0 saturated carbocycles. The second-order valence-corrected chi connectivity index (χ2v) is 9.19. The van der Waals surface area contributed by atoms with Crippen molar-refractivity contribution in [2.75, 3.05) is 26.2 Å². The zero-order valence-electron chi connectivity index (χ0n) is 18.8. The summed E-state index contributed by atoms with van der Waals surface area (Å²) in [5.74, 6) is -1.02. The van der Waals surface area contributed by atoms with Crippen molar-refractivity contribution in [2.24, 2.45) is 0 Å². The van der Waals surface area contributed by atoms with E-state index >= 15 is 0 Å². The minimum atomic E-state index is -5.02. The quantitative estimate of drug-likeness (QED) is 0.591. The number of piperidine rings is 2. The average molecular weight is 500 g/mol. The molecular formula is C25H26F6N2O2. The van der Waals surface area contributed by atoms with Gasteiger partial charge in [-0.2, -0.15) is 26.3 Å². The average Bonchev–Trinajstić information content (AvgIpc) is 2.83. The van der Waals surface area contributed by atoms with Crippen molar-refractivity contribution in [3.05, 3.63) is 70.8 Å². The first kappa shape index (κ1) is 25.5. The molecule has 0 unspecified atom stereocenters. The van der Waals surface area contributed by atoms with Crippen molar-refractivity contribution in [3.63, 3.8) is 0 Å². The highest BCUT2D eigenvalue weighted by Gasteiger charge is 2.40. The third-order valence-electron chi connectivity index (χ3n) is 6.89. The number of aliphatic hydroxyl groups is 1. The molecule has 2 fully saturated rings. The van der Waals surface area contributed by atoms with Crippen molar-refractivity contribution in [3.8, 4) is 0 Å². The van der Waals surface area contributed by atoms with Crippen LogP contribution in [0.1, 0.15) is 52.2 Å².